The van der Waals surface area contributed by atoms with Crippen LogP contribution in [0.1, 0.15) is 34.0 Å². The Morgan fingerprint density at radius 2 is 1.88 bits per heavy atom. The van der Waals surface area contributed by atoms with Crippen LogP contribution in [-0.2, 0) is 17.9 Å². The number of hydrogen-bond acceptors (Lipinski definition) is 3. The molecule has 0 bridgehead atoms. The number of amides is 2. The maximum Gasteiger partial charge on any atom is 0.254 e. The van der Waals surface area contributed by atoms with Crippen molar-refractivity contribution >= 4 is 41.8 Å². The summed E-state index contributed by atoms with van der Waals surface area (Å²) >= 11 is 0. The second-order valence-corrected chi connectivity index (χ2v) is 7.41. The maximum absolute atomic E-state index is 13.4. The van der Waals surface area contributed by atoms with Gasteiger partial charge in [0.25, 0.3) is 5.91 Å². The Labute approximate surface area is 204 Å². The molecule has 0 radical (unpaired) electrons. The zero-order valence-electron chi connectivity index (χ0n) is 18.3. The minimum atomic E-state index is -0.219. The van der Waals surface area contributed by atoms with Gasteiger partial charge in [-0.1, -0.05) is 24.3 Å². The third kappa shape index (κ3) is 7.18. The summed E-state index contributed by atoms with van der Waals surface area (Å²) in [7, 11) is 0. The second kappa shape index (κ2) is 12.4. The van der Waals surface area contributed by atoms with Crippen LogP contribution in [0.25, 0.3) is 0 Å². The summed E-state index contributed by atoms with van der Waals surface area (Å²) < 4.78 is 13.4. The second-order valence-electron chi connectivity index (χ2n) is 7.41. The molecule has 1 aliphatic rings. The molecule has 1 fully saturated rings. The molecule has 0 saturated carbocycles. The Hall–Kier alpha value is -2.69. The Balaban J connectivity index is 0.00000363. The molecule has 1 aliphatic heterocycles. The highest BCUT2D eigenvalue weighted by atomic mass is 127. The third-order valence-electron chi connectivity index (χ3n) is 4.97. The van der Waals surface area contributed by atoms with Gasteiger partial charge in [0.1, 0.15) is 5.82 Å². The van der Waals surface area contributed by atoms with Crippen LogP contribution in [0.15, 0.2) is 47.5 Å². The van der Waals surface area contributed by atoms with Crippen molar-refractivity contribution in [3.8, 4) is 0 Å². The van der Waals surface area contributed by atoms with Crippen molar-refractivity contribution in [3.63, 3.8) is 0 Å². The van der Waals surface area contributed by atoms with E-state index in [1.807, 2.05) is 19.1 Å². The first-order valence-corrected chi connectivity index (χ1v) is 10.4. The van der Waals surface area contributed by atoms with Crippen molar-refractivity contribution in [2.45, 2.75) is 26.9 Å². The Morgan fingerprint density at radius 1 is 1.16 bits per heavy atom. The van der Waals surface area contributed by atoms with Crippen molar-refractivity contribution in [1.29, 1.82) is 0 Å². The van der Waals surface area contributed by atoms with Gasteiger partial charge in [-0.2, -0.15) is 0 Å². The smallest absolute Gasteiger partial charge is 0.254 e. The van der Waals surface area contributed by atoms with Crippen LogP contribution in [-0.4, -0.2) is 48.9 Å². The first-order valence-electron chi connectivity index (χ1n) is 10.4. The fourth-order valence-electron chi connectivity index (χ4n) is 3.26. The van der Waals surface area contributed by atoms with Crippen LogP contribution in [0, 0.1) is 12.7 Å². The van der Waals surface area contributed by atoms with E-state index < -0.39 is 0 Å². The molecular weight excluding hydrogens is 524 g/mol. The molecule has 172 valence electrons. The summed E-state index contributed by atoms with van der Waals surface area (Å²) in [5, 5.41) is 9.18. The average molecular weight is 553 g/mol. The Kier molecular flexibility index (Phi) is 9.89. The molecule has 2 aromatic rings. The molecule has 0 aliphatic carbocycles. The number of carbonyl (C=O) groups excluding carboxylic acids is 2. The number of carbonyl (C=O) groups is 2. The number of halogens is 2. The lowest BCUT2D eigenvalue weighted by Crippen LogP contribution is -2.49. The number of piperazine rings is 1. The van der Waals surface area contributed by atoms with E-state index in [0.29, 0.717) is 49.8 Å². The van der Waals surface area contributed by atoms with Gasteiger partial charge < -0.3 is 20.9 Å². The number of hydrogen-bond donors (Lipinski definition) is 3. The van der Waals surface area contributed by atoms with E-state index in [1.54, 1.807) is 36.1 Å². The molecule has 9 heteroatoms. The van der Waals surface area contributed by atoms with Gasteiger partial charge in [0.05, 0.1) is 13.1 Å². The van der Waals surface area contributed by atoms with Gasteiger partial charge in [-0.15, -0.1) is 24.0 Å². The number of aliphatic imine (C=N–C) groups is 1. The number of aryl methyl sites for hydroxylation is 1. The highest BCUT2D eigenvalue weighted by Crippen LogP contribution is 2.11. The number of benzene rings is 2. The predicted molar refractivity (Wildman–Crippen MR) is 134 cm³/mol. The molecule has 3 N–H and O–H groups in total. The van der Waals surface area contributed by atoms with E-state index in [1.165, 1.54) is 6.07 Å². The lowest BCUT2D eigenvalue weighted by Gasteiger charge is -2.26. The Bertz CT molecular complexity index is 965. The highest BCUT2D eigenvalue weighted by molar-refractivity contribution is 14.0. The van der Waals surface area contributed by atoms with Crippen molar-refractivity contribution < 1.29 is 14.0 Å². The third-order valence-corrected chi connectivity index (χ3v) is 4.97. The SMILES string of the molecule is CCNC(=NCc1ccc(F)c(C)c1)NCc1ccc(C(=O)N2CCNC(=O)C2)cc1.I. The standard InChI is InChI=1S/C23H28FN5O2.HI/c1-3-25-23(28-14-18-6-9-20(24)16(2)12-18)27-13-17-4-7-19(8-5-17)22(31)29-11-10-26-21(30)15-29;/h4-9,12H,3,10-11,13-15H2,1-2H3,(H,26,30)(H2,25,27,28);1H. The predicted octanol–water partition coefficient (Wildman–Crippen LogP) is 2.58. The summed E-state index contributed by atoms with van der Waals surface area (Å²) in [6.07, 6.45) is 0. The van der Waals surface area contributed by atoms with E-state index >= 15 is 0 Å². The van der Waals surface area contributed by atoms with Crippen molar-refractivity contribution in [3.05, 3.63) is 70.5 Å². The molecule has 0 atom stereocenters. The van der Waals surface area contributed by atoms with Crippen LogP contribution >= 0.6 is 24.0 Å². The molecule has 2 aromatic carbocycles. The average Bonchev–Trinajstić information content (AvgIpc) is 2.78. The number of nitrogens with one attached hydrogen (secondary N) is 3. The first-order chi connectivity index (χ1) is 15.0. The van der Waals surface area contributed by atoms with Gasteiger partial charge in [0, 0.05) is 31.7 Å². The fourth-order valence-corrected chi connectivity index (χ4v) is 3.26. The van der Waals surface area contributed by atoms with Gasteiger partial charge >= 0.3 is 0 Å². The molecule has 32 heavy (non-hydrogen) atoms. The summed E-state index contributed by atoms with van der Waals surface area (Å²) in [5.41, 5.74) is 3.10. The van der Waals surface area contributed by atoms with Gasteiger partial charge in [-0.3, -0.25) is 9.59 Å². The zero-order valence-corrected chi connectivity index (χ0v) is 20.6. The minimum absolute atomic E-state index is 0. The highest BCUT2D eigenvalue weighted by Gasteiger charge is 2.22. The fraction of sp³-hybridized carbons (Fsp3) is 0.348. The van der Waals surface area contributed by atoms with Crippen LogP contribution in [0.3, 0.4) is 0 Å². The van der Waals surface area contributed by atoms with Crippen LogP contribution in [0.2, 0.25) is 0 Å². The molecular formula is C23H29FIN5O2. The molecule has 3 rings (SSSR count). The summed E-state index contributed by atoms with van der Waals surface area (Å²) in [6, 6.07) is 12.3. The zero-order chi connectivity index (χ0) is 22.2. The number of guanidine groups is 1. The number of nitrogens with zero attached hydrogens (tertiary/aromatic N) is 2. The first kappa shape index (κ1) is 25.6. The van der Waals surface area contributed by atoms with E-state index in [2.05, 4.69) is 20.9 Å². The normalized spacial score (nSPS) is 13.8. The minimum Gasteiger partial charge on any atom is -0.357 e. The largest absolute Gasteiger partial charge is 0.357 e. The van der Waals surface area contributed by atoms with Crippen molar-refractivity contribution in [2.75, 3.05) is 26.2 Å². The quantitative estimate of drug-likeness (QED) is 0.292. The lowest BCUT2D eigenvalue weighted by atomic mass is 10.1. The monoisotopic (exact) mass is 553 g/mol. The molecule has 0 spiro atoms. The van der Waals surface area contributed by atoms with Crippen LogP contribution < -0.4 is 16.0 Å². The van der Waals surface area contributed by atoms with Crippen molar-refractivity contribution in [1.82, 2.24) is 20.9 Å². The molecule has 1 saturated heterocycles. The molecule has 0 aromatic heterocycles. The van der Waals surface area contributed by atoms with E-state index in [-0.39, 0.29) is 48.2 Å². The number of rotatable bonds is 6. The topological polar surface area (TPSA) is 85.8 Å². The summed E-state index contributed by atoms with van der Waals surface area (Å²) in [6.45, 7) is 6.51. The Morgan fingerprint density at radius 3 is 2.53 bits per heavy atom. The maximum atomic E-state index is 13.4. The van der Waals surface area contributed by atoms with Gasteiger partial charge in [0.15, 0.2) is 5.96 Å². The van der Waals surface area contributed by atoms with E-state index in [0.717, 1.165) is 11.1 Å². The molecule has 1 heterocycles. The van der Waals surface area contributed by atoms with Gasteiger partial charge in [-0.05, 0) is 48.7 Å². The molecule has 7 nitrogen and oxygen atoms in total. The molecule has 0 unspecified atom stereocenters. The van der Waals surface area contributed by atoms with Crippen molar-refractivity contribution in [2.24, 2.45) is 4.99 Å². The lowest BCUT2D eigenvalue weighted by molar-refractivity contribution is -0.123. The van der Waals surface area contributed by atoms with Gasteiger partial charge in [-0.25, -0.2) is 9.38 Å². The summed E-state index contributed by atoms with van der Waals surface area (Å²) in [4.78, 5) is 30.2. The van der Waals surface area contributed by atoms with Gasteiger partial charge in [0.2, 0.25) is 5.91 Å². The summed E-state index contributed by atoms with van der Waals surface area (Å²) in [5.74, 6) is 0.164. The molecule has 2 amide bonds. The van der Waals surface area contributed by atoms with E-state index in [9.17, 15) is 14.0 Å². The van der Waals surface area contributed by atoms with Crippen LogP contribution in [0.5, 0.6) is 0 Å². The van der Waals surface area contributed by atoms with Crippen LogP contribution in [0.4, 0.5) is 4.39 Å². The van der Waals surface area contributed by atoms with E-state index in [4.69, 9.17) is 0 Å².